The molecule has 0 aromatic heterocycles. The van der Waals surface area contributed by atoms with Gasteiger partial charge < -0.3 is 0 Å². The van der Waals surface area contributed by atoms with E-state index in [0.717, 1.165) is 16.5 Å². The van der Waals surface area contributed by atoms with Gasteiger partial charge in [-0.3, -0.25) is 0 Å². The van der Waals surface area contributed by atoms with Gasteiger partial charge in [0.25, 0.3) is 0 Å². The van der Waals surface area contributed by atoms with Crippen LogP contribution < -0.4 is 0 Å². The second-order valence-electron chi connectivity index (χ2n) is 2.47. The molecule has 1 aliphatic rings. The van der Waals surface area contributed by atoms with Gasteiger partial charge in [0.15, 0.2) is 0 Å². The Bertz CT molecular complexity index is 172. The number of hydrogen-bond donors (Lipinski definition) is 0. The third-order valence-corrected chi connectivity index (χ3v) is 2.56. The first-order valence-electron chi connectivity index (χ1n) is 3.38. The number of hydrogen-bond acceptors (Lipinski definition) is 0. The molecule has 2 heteroatoms. The van der Waals surface area contributed by atoms with Crippen LogP contribution in [-0.4, -0.2) is 6.17 Å². The Morgan fingerprint density at radius 3 is 2.90 bits per heavy atom. The molecule has 0 spiro atoms. The molecule has 0 saturated carbocycles. The monoisotopic (exact) mass is 204 g/mol. The molecule has 10 heavy (non-hydrogen) atoms. The minimum atomic E-state index is -0.655. The van der Waals surface area contributed by atoms with Gasteiger partial charge >= 0.3 is 0 Å². The second-order valence-corrected chi connectivity index (χ2v) is 3.43. The van der Waals surface area contributed by atoms with Crippen molar-refractivity contribution in [2.24, 2.45) is 0 Å². The molecule has 1 atom stereocenters. The van der Waals surface area contributed by atoms with Crippen molar-refractivity contribution in [3.63, 3.8) is 0 Å². The van der Waals surface area contributed by atoms with Gasteiger partial charge in [-0.25, -0.2) is 4.39 Å². The Hall–Kier alpha value is -0.110. The van der Waals surface area contributed by atoms with Gasteiger partial charge in [0.2, 0.25) is 0 Å². The lowest BCUT2D eigenvalue weighted by Gasteiger charge is -2.16. The van der Waals surface area contributed by atoms with Crippen LogP contribution in [-0.2, 0) is 0 Å². The van der Waals surface area contributed by atoms with Gasteiger partial charge in [-0.05, 0) is 18.4 Å². The first kappa shape index (κ1) is 7.99. The molecule has 0 bridgehead atoms. The van der Waals surface area contributed by atoms with Gasteiger partial charge in [0.05, 0.1) is 0 Å². The summed E-state index contributed by atoms with van der Waals surface area (Å²) in [6, 6.07) is 0. The molecule has 1 aliphatic carbocycles. The molecule has 0 radical (unpaired) electrons. The molecular formula is C8H10BrF. The standard InChI is InChI=1S/C8H10BrF/c1-2-6-3-4-7(10)5-8(6)9/h2,7H,1,3-5H2. The van der Waals surface area contributed by atoms with Crippen LogP contribution in [0.5, 0.6) is 0 Å². The van der Waals surface area contributed by atoms with E-state index in [-0.39, 0.29) is 0 Å². The second kappa shape index (κ2) is 3.33. The average molecular weight is 205 g/mol. The van der Waals surface area contributed by atoms with E-state index in [4.69, 9.17) is 0 Å². The van der Waals surface area contributed by atoms with Crippen LogP contribution in [0.25, 0.3) is 0 Å². The van der Waals surface area contributed by atoms with Crippen LogP contribution in [0.3, 0.4) is 0 Å². The highest BCUT2D eigenvalue weighted by Gasteiger charge is 2.16. The van der Waals surface area contributed by atoms with Crippen LogP contribution >= 0.6 is 15.9 Å². The summed E-state index contributed by atoms with van der Waals surface area (Å²) < 4.78 is 13.6. The maximum atomic E-state index is 12.6. The molecule has 0 saturated heterocycles. The topological polar surface area (TPSA) is 0 Å². The number of allylic oxidation sites excluding steroid dienone is 3. The van der Waals surface area contributed by atoms with Crippen molar-refractivity contribution in [1.29, 1.82) is 0 Å². The van der Waals surface area contributed by atoms with E-state index in [1.807, 2.05) is 0 Å². The molecule has 0 heterocycles. The van der Waals surface area contributed by atoms with E-state index >= 15 is 0 Å². The summed E-state index contributed by atoms with van der Waals surface area (Å²) >= 11 is 3.32. The van der Waals surface area contributed by atoms with Crippen molar-refractivity contribution in [3.05, 3.63) is 22.7 Å². The fraction of sp³-hybridized carbons (Fsp3) is 0.500. The third-order valence-electron chi connectivity index (χ3n) is 1.72. The maximum Gasteiger partial charge on any atom is 0.105 e. The summed E-state index contributed by atoms with van der Waals surface area (Å²) in [5.74, 6) is 0. The fourth-order valence-electron chi connectivity index (χ4n) is 1.09. The summed E-state index contributed by atoms with van der Waals surface area (Å²) in [7, 11) is 0. The third kappa shape index (κ3) is 1.69. The van der Waals surface area contributed by atoms with Crippen molar-refractivity contribution in [2.45, 2.75) is 25.4 Å². The smallest absolute Gasteiger partial charge is 0.105 e. The predicted octanol–water partition coefficient (Wildman–Crippen LogP) is 3.34. The average Bonchev–Trinajstić information content (AvgIpc) is 1.88. The van der Waals surface area contributed by atoms with Crippen LogP contribution in [0.4, 0.5) is 4.39 Å². The molecule has 0 fully saturated rings. The van der Waals surface area contributed by atoms with Gasteiger partial charge in [-0.2, -0.15) is 0 Å². The van der Waals surface area contributed by atoms with Crippen molar-refractivity contribution in [3.8, 4) is 0 Å². The van der Waals surface area contributed by atoms with Crippen molar-refractivity contribution in [1.82, 2.24) is 0 Å². The van der Waals surface area contributed by atoms with Crippen LogP contribution in [0.15, 0.2) is 22.7 Å². The highest BCUT2D eigenvalue weighted by Crippen LogP contribution is 2.30. The largest absolute Gasteiger partial charge is 0.247 e. The Morgan fingerprint density at radius 2 is 2.40 bits per heavy atom. The Balaban J connectivity index is 2.70. The van der Waals surface area contributed by atoms with E-state index in [1.165, 1.54) is 0 Å². The SMILES string of the molecule is C=CC1=C(Br)CC(F)CC1. The Kier molecular flexibility index (Phi) is 2.66. The summed E-state index contributed by atoms with van der Waals surface area (Å²) in [5, 5.41) is 0. The highest BCUT2D eigenvalue weighted by molar-refractivity contribution is 9.11. The summed E-state index contributed by atoms with van der Waals surface area (Å²) in [5.41, 5.74) is 1.16. The van der Waals surface area contributed by atoms with Gasteiger partial charge in [0, 0.05) is 10.9 Å². The molecule has 0 aromatic carbocycles. The van der Waals surface area contributed by atoms with Gasteiger partial charge in [-0.1, -0.05) is 28.6 Å². The zero-order valence-electron chi connectivity index (χ0n) is 5.74. The molecule has 1 rings (SSSR count). The summed E-state index contributed by atoms with van der Waals surface area (Å²) in [6.45, 7) is 3.65. The predicted molar refractivity (Wildman–Crippen MR) is 44.9 cm³/mol. The van der Waals surface area contributed by atoms with Crippen LogP contribution in [0.1, 0.15) is 19.3 Å². The van der Waals surface area contributed by atoms with E-state index in [2.05, 4.69) is 22.5 Å². The normalized spacial score (nSPS) is 26.8. The quantitative estimate of drug-likeness (QED) is 0.615. The number of rotatable bonds is 1. The highest BCUT2D eigenvalue weighted by atomic mass is 79.9. The van der Waals surface area contributed by atoms with Crippen molar-refractivity contribution < 1.29 is 4.39 Å². The Morgan fingerprint density at radius 1 is 1.70 bits per heavy atom. The molecule has 0 nitrogen and oxygen atoms in total. The number of alkyl halides is 1. The maximum absolute atomic E-state index is 12.6. The zero-order chi connectivity index (χ0) is 7.56. The first-order chi connectivity index (χ1) is 4.74. The lowest BCUT2D eigenvalue weighted by molar-refractivity contribution is 0.307. The van der Waals surface area contributed by atoms with E-state index in [9.17, 15) is 4.39 Å². The Labute approximate surface area is 68.9 Å². The molecular weight excluding hydrogens is 195 g/mol. The summed E-state index contributed by atoms with van der Waals surface area (Å²) in [4.78, 5) is 0. The van der Waals surface area contributed by atoms with Crippen LogP contribution in [0, 0.1) is 0 Å². The summed E-state index contributed by atoms with van der Waals surface area (Å²) in [6.07, 6.45) is 3.15. The van der Waals surface area contributed by atoms with Gasteiger partial charge in [-0.15, -0.1) is 0 Å². The lowest BCUT2D eigenvalue weighted by atomic mass is 9.98. The lowest BCUT2D eigenvalue weighted by Crippen LogP contribution is -2.06. The minimum absolute atomic E-state index is 0.529. The molecule has 0 aromatic rings. The van der Waals surface area contributed by atoms with Gasteiger partial charge in [0.1, 0.15) is 6.17 Å². The molecule has 0 amide bonds. The first-order valence-corrected chi connectivity index (χ1v) is 4.17. The minimum Gasteiger partial charge on any atom is -0.247 e. The molecule has 56 valence electrons. The van der Waals surface area contributed by atoms with Crippen LogP contribution in [0.2, 0.25) is 0 Å². The number of halogens is 2. The van der Waals surface area contributed by atoms with E-state index in [1.54, 1.807) is 6.08 Å². The van der Waals surface area contributed by atoms with Crippen molar-refractivity contribution >= 4 is 15.9 Å². The van der Waals surface area contributed by atoms with Crippen molar-refractivity contribution in [2.75, 3.05) is 0 Å². The van der Waals surface area contributed by atoms with E-state index < -0.39 is 6.17 Å². The van der Waals surface area contributed by atoms with E-state index in [0.29, 0.717) is 12.8 Å². The fourth-order valence-corrected chi connectivity index (χ4v) is 1.80. The molecule has 1 unspecified atom stereocenters. The molecule has 0 aliphatic heterocycles. The zero-order valence-corrected chi connectivity index (χ0v) is 7.33. The molecule has 0 N–H and O–H groups in total.